The molecule has 1 saturated carbocycles. The van der Waals surface area contributed by atoms with Crippen LogP contribution in [0.4, 0.5) is 5.69 Å². The first-order valence-electron chi connectivity index (χ1n) is 7.69. The summed E-state index contributed by atoms with van der Waals surface area (Å²) in [6.45, 7) is 2.77. The van der Waals surface area contributed by atoms with Crippen LogP contribution in [0.3, 0.4) is 0 Å². The van der Waals surface area contributed by atoms with E-state index in [-0.39, 0.29) is 6.10 Å². The van der Waals surface area contributed by atoms with Crippen LogP contribution >= 0.6 is 0 Å². The molecule has 0 amide bonds. The molecule has 3 rings (SSSR count). The zero-order chi connectivity index (χ0) is 15.5. The second-order valence-corrected chi connectivity index (χ2v) is 5.68. The van der Waals surface area contributed by atoms with E-state index in [1.54, 1.807) is 12.4 Å². The van der Waals surface area contributed by atoms with Gasteiger partial charge in [0.25, 0.3) is 0 Å². The molecular weight excluding hydrogens is 282 g/mol. The minimum atomic E-state index is -0.183. The van der Waals surface area contributed by atoms with Crippen molar-refractivity contribution >= 4 is 22.9 Å². The normalized spacial score (nSPS) is 22.5. The van der Waals surface area contributed by atoms with Gasteiger partial charge in [0.05, 0.1) is 29.6 Å². The SMILES string of the molecule is CCn1ncc2c(NC3CCC(O)CC3)c(/C=N\O)cnc21. The van der Waals surface area contributed by atoms with Gasteiger partial charge in [0.1, 0.15) is 0 Å². The number of fused-ring (bicyclic) bond motifs is 1. The highest BCUT2D eigenvalue weighted by atomic mass is 16.4. The lowest BCUT2D eigenvalue weighted by Gasteiger charge is -2.27. The van der Waals surface area contributed by atoms with E-state index < -0.39 is 0 Å². The number of aromatic nitrogens is 3. The predicted octanol–water partition coefficient (Wildman–Crippen LogP) is 1.97. The van der Waals surface area contributed by atoms with Gasteiger partial charge in [0.2, 0.25) is 0 Å². The van der Waals surface area contributed by atoms with Crippen LogP contribution in [0.5, 0.6) is 0 Å². The van der Waals surface area contributed by atoms with Gasteiger partial charge in [-0.15, -0.1) is 0 Å². The van der Waals surface area contributed by atoms with Gasteiger partial charge in [0, 0.05) is 24.3 Å². The van der Waals surface area contributed by atoms with Crippen LogP contribution in [0.15, 0.2) is 17.5 Å². The molecule has 2 heterocycles. The van der Waals surface area contributed by atoms with Crippen LogP contribution < -0.4 is 5.32 Å². The molecule has 3 N–H and O–H groups in total. The molecule has 0 bridgehead atoms. The molecule has 7 heteroatoms. The lowest BCUT2D eigenvalue weighted by atomic mass is 9.92. The number of pyridine rings is 1. The third kappa shape index (κ3) is 2.76. The van der Waals surface area contributed by atoms with E-state index in [1.165, 1.54) is 6.21 Å². The molecule has 0 atom stereocenters. The van der Waals surface area contributed by atoms with Crippen molar-refractivity contribution in [2.24, 2.45) is 5.16 Å². The second-order valence-electron chi connectivity index (χ2n) is 5.68. The van der Waals surface area contributed by atoms with Crippen molar-refractivity contribution in [2.45, 2.75) is 51.3 Å². The Balaban J connectivity index is 1.97. The van der Waals surface area contributed by atoms with E-state index in [0.29, 0.717) is 6.04 Å². The van der Waals surface area contributed by atoms with Crippen LogP contribution in [0.25, 0.3) is 11.0 Å². The van der Waals surface area contributed by atoms with Crippen molar-refractivity contribution in [1.29, 1.82) is 0 Å². The number of rotatable bonds is 4. The molecule has 0 unspecified atom stereocenters. The van der Waals surface area contributed by atoms with Gasteiger partial charge in [-0.3, -0.25) is 0 Å². The first-order chi connectivity index (χ1) is 10.7. The summed E-state index contributed by atoms with van der Waals surface area (Å²) in [6.07, 6.45) is 8.14. The summed E-state index contributed by atoms with van der Waals surface area (Å²) in [5.74, 6) is 0. The lowest BCUT2D eigenvalue weighted by Crippen LogP contribution is -2.28. The first-order valence-corrected chi connectivity index (χ1v) is 7.69. The van der Waals surface area contributed by atoms with Gasteiger partial charge in [-0.2, -0.15) is 5.10 Å². The Hall–Kier alpha value is -2.15. The Bertz CT molecular complexity index is 674. The van der Waals surface area contributed by atoms with E-state index in [2.05, 4.69) is 20.6 Å². The zero-order valence-electron chi connectivity index (χ0n) is 12.6. The van der Waals surface area contributed by atoms with Crippen molar-refractivity contribution in [2.75, 3.05) is 5.32 Å². The Morgan fingerprint density at radius 1 is 1.36 bits per heavy atom. The van der Waals surface area contributed by atoms with Gasteiger partial charge in [0.15, 0.2) is 5.65 Å². The second kappa shape index (κ2) is 6.31. The molecule has 1 aliphatic carbocycles. The standard InChI is InChI=1S/C15H21N5O2/c1-2-20-15-13(9-17-20)14(10(7-16-15)8-18-22)19-11-3-5-12(21)6-4-11/h7-9,11-12,21-22H,2-6H2,1H3,(H,16,19)/b18-8-. The summed E-state index contributed by atoms with van der Waals surface area (Å²) in [5.41, 5.74) is 2.44. The Morgan fingerprint density at radius 3 is 2.82 bits per heavy atom. The van der Waals surface area contributed by atoms with Crippen LogP contribution in [0, 0.1) is 0 Å². The summed E-state index contributed by atoms with van der Waals surface area (Å²) in [4.78, 5) is 4.41. The summed E-state index contributed by atoms with van der Waals surface area (Å²) < 4.78 is 1.84. The number of oxime groups is 1. The molecule has 7 nitrogen and oxygen atoms in total. The topological polar surface area (TPSA) is 95.6 Å². The monoisotopic (exact) mass is 303 g/mol. The average Bonchev–Trinajstić information content (AvgIpc) is 2.95. The molecule has 22 heavy (non-hydrogen) atoms. The number of hydrogen-bond donors (Lipinski definition) is 3. The lowest BCUT2D eigenvalue weighted by molar-refractivity contribution is 0.126. The number of aliphatic hydroxyl groups excluding tert-OH is 1. The summed E-state index contributed by atoms with van der Waals surface area (Å²) in [5, 5.41) is 30.4. The number of nitrogens with zero attached hydrogens (tertiary/aromatic N) is 4. The first kappa shape index (κ1) is 14.8. The molecule has 2 aromatic heterocycles. The molecular formula is C15H21N5O2. The van der Waals surface area contributed by atoms with E-state index in [0.717, 1.165) is 54.5 Å². The zero-order valence-corrected chi connectivity index (χ0v) is 12.6. The molecule has 0 aromatic carbocycles. The number of aryl methyl sites for hydroxylation is 1. The largest absolute Gasteiger partial charge is 0.411 e. The molecule has 0 radical (unpaired) electrons. The minimum absolute atomic E-state index is 0.183. The molecule has 2 aromatic rings. The maximum Gasteiger partial charge on any atom is 0.159 e. The fraction of sp³-hybridized carbons (Fsp3) is 0.533. The predicted molar refractivity (Wildman–Crippen MR) is 84.5 cm³/mol. The third-order valence-electron chi connectivity index (χ3n) is 4.24. The van der Waals surface area contributed by atoms with E-state index in [9.17, 15) is 5.11 Å². The average molecular weight is 303 g/mol. The summed E-state index contributed by atoms with van der Waals surface area (Å²) in [7, 11) is 0. The maximum absolute atomic E-state index is 9.63. The highest BCUT2D eigenvalue weighted by Gasteiger charge is 2.21. The summed E-state index contributed by atoms with van der Waals surface area (Å²) >= 11 is 0. The Labute approximate surface area is 128 Å². The van der Waals surface area contributed by atoms with Gasteiger partial charge in [-0.1, -0.05) is 5.16 Å². The Morgan fingerprint density at radius 2 is 2.14 bits per heavy atom. The molecule has 0 saturated heterocycles. The van der Waals surface area contributed by atoms with Crippen LogP contribution in [0.1, 0.15) is 38.2 Å². The molecule has 118 valence electrons. The third-order valence-corrected chi connectivity index (χ3v) is 4.24. The number of hydrogen-bond acceptors (Lipinski definition) is 6. The minimum Gasteiger partial charge on any atom is -0.411 e. The van der Waals surface area contributed by atoms with Crippen molar-refractivity contribution in [3.05, 3.63) is 18.0 Å². The highest BCUT2D eigenvalue weighted by molar-refractivity contribution is 6.00. The fourth-order valence-corrected chi connectivity index (χ4v) is 3.02. The van der Waals surface area contributed by atoms with Crippen molar-refractivity contribution in [1.82, 2.24) is 14.8 Å². The van der Waals surface area contributed by atoms with Crippen LogP contribution in [0.2, 0.25) is 0 Å². The number of nitrogens with one attached hydrogen (secondary N) is 1. The van der Waals surface area contributed by atoms with Crippen molar-refractivity contribution in [3.63, 3.8) is 0 Å². The van der Waals surface area contributed by atoms with Gasteiger partial charge in [-0.05, 0) is 32.6 Å². The smallest absolute Gasteiger partial charge is 0.159 e. The van der Waals surface area contributed by atoms with E-state index in [4.69, 9.17) is 5.21 Å². The Kier molecular flexibility index (Phi) is 4.24. The van der Waals surface area contributed by atoms with Crippen molar-refractivity contribution in [3.8, 4) is 0 Å². The van der Waals surface area contributed by atoms with Crippen molar-refractivity contribution < 1.29 is 10.3 Å². The van der Waals surface area contributed by atoms with Crippen LogP contribution in [-0.2, 0) is 6.54 Å². The maximum atomic E-state index is 9.63. The fourth-order valence-electron chi connectivity index (χ4n) is 3.02. The summed E-state index contributed by atoms with van der Waals surface area (Å²) in [6, 6.07) is 0.296. The van der Waals surface area contributed by atoms with Crippen LogP contribution in [-0.4, -0.2) is 43.4 Å². The molecule has 0 spiro atoms. The van der Waals surface area contributed by atoms with Gasteiger partial charge < -0.3 is 15.6 Å². The quantitative estimate of drug-likeness (QED) is 0.456. The highest BCUT2D eigenvalue weighted by Crippen LogP contribution is 2.29. The van der Waals surface area contributed by atoms with Gasteiger partial charge >= 0.3 is 0 Å². The van der Waals surface area contributed by atoms with Gasteiger partial charge in [-0.25, -0.2) is 9.67 Å². The van der Waals surface area contributed by atoms with E-state index >= 15 is 0 Å². The number of anilines is 1. The number of aliphatic hydroxyl groups is 1. The van der Waals surface area contributed by atoms with E-state index in [1.807, 2.05) is 11.6 Å². The molecule has 1 fully saturated rings. The molecule has 1 aliphatic rings. The molecule has 0 aliphatic heterocycles.